The molecule has 0 radical (unpaired) electrons. The van der Waals surface area contributed by atoms with Gasteiger partial charge in [0.05, 0.1) is 26.8 Å². The first-order valence-corrected chi connectivity index (χ1v) is 7.68. The summed E-state index contributed by atoms with van der Waals surface area (Å²) in [4.78, 5) is 45.5. The Morgan fingerprint density at radius 1 is 1.15 bits per heavy atom. The van der Waals surface area contributed by atoms with E-state index < -0.39 is 16.8 Å². The first-order valence-electron chi connectivity index (χ1n) is 7.30. The van der Waals surface area contributed by atoms with Gasteiger partial charge in [0.1, 0.15) is 6.61 Å². The number of benzene rings is 2. The van der Waals surface area contributed by atoms with E-state index in [4.69, 9.17) is 16.3 Å². The van der Waals surface area contributed by atoms with Crippen LogP contribution in [0.25, 0.3) is 0 Å². The maximum absolute atomic E-state index is 12.4. The molecule has 0 saturated heterocycles. The lowest BCUT2D eigenvalue weighted by atomic mass is 10.1. The van der Waals surface area contributed by atoms with Crippen LogP contribution >= 0.6 is 11.6 Å². The third-order valence-electron chi connectivity index (χ3n) is 3.21. The summed E-state index contributed by atoms with van der Waals surface area (Å²) in [6.07, 6.45) is 0. The highest BCUT2D eigenvalue weighted by Crippen LogP contribution is 2.24. The SMILES string of the molecule is CC(=O)COC(=O)c1ccccc1NC(=O)c1ccc([N+](=O)[O-])cc1Cl. The van der Waals surface area contributed by atoms with Crippen LogP contribution in [-0.4, -0.2) is 29.2 Å². The summed E-state index contributed by atoms with van der Waals surface area (Å²) in [6, 6.07) is 9.48. The van der Waals surface area contributed by atoms with Crippen molar-refractivity contribution < 1.29 is 24.0 Å². The van der Waals surface area contributed by atoms with Crippen molar-refractivity contribution in [3.05, 3.63) is 68.7 Å². The number of nitro groups is 1. The summed E-state index contributed by atoms with van der Waals surface area (Å²) in [7, 11) is 0. The van der Waals surface area contributed by atoms with Gasteiger partial charge in [0.2, 0.25) is 0 Å². The maximum atomic E-state index is 12.4. The van der Waals surface area contributed by atoms with Crippen molar-refractivity contribution >= 4 is 40.6 Å². The van der Waals surface area contributed by atoms with E-state index in [-0.39, 0.29) is 39.9 Å². The number of nitrogens with one attached hydrogen (secondary N) is 1. The molecular formula is C17H13ClN2O6. The van der Waals surface area contributed by atoms with E-state index in [0.717, 1.165) is 12.1 Å². The number of halogens is 1. The number of rotatable bonds is 6. The van der Waals surface area contributed by atoms with Crippen LogP contribution in [0.15, 0.2) is 42.5 Å². The summed E-state index contributed by atoms with van der Waals surface area (Å²) in [5.74, 6) is -1.75. The van der Waals surface area contributed by atoms with Crippen molar-refractivity contribution in [2.75, 3.05) is 11.9 Å². The Hall–Kier alpha value is -3.26. The van der Waals surface area contributed by atoms with E-state index in [9.17, 15) is 24.5 Å². The highest BCUT2D eigenvalue weighted by Gasteiger charge is 2.18. The highest BCUT2D eigenvalue weighted by atomic mass is 35.5. The third-order valence-corrected chi connectivity index (χ3v) is 3.52. The molecule has 26 heavy (non-hydrogen) atoms. The lowest BCUT2D eigenvalue weighted by Crippen LogP contribution is -2.17. The first kappa shape index (κ1) is 19.1. The molecule has 0 unspecified atom stereocenters. The smallest absolute Gasteiger partial charge is 0.340 e. The Morgan fingerprint density at radius 3 is 2.46 bits per heavy atom. The first-order chi connectivity index (χ1) is 12.3. The van der Waals surface area contributed by atoms with Gasteiger partial charge in [-0.3, -0.25) is 19.7 Å². The number of amides is 1. The molecule has 0 bridgehead atoms. The van der Waals surface area contributed by atoms with E-state index in [0.29, 0.717) is 0 Å². The molecule has 0 aromatic heterocycles. The Bertz CT molecular complexity index is 897. The van der Waals surface area contributed by atoms with Crippen molar-refractivity contribution in [3.8, 4) is 0 Å². The number of hydrogen-bond acceptors (Lipinski definition) is 6. The molecule has 134 valence electrons. The van der Waals surface area contributed by atoms with E-state index in [1.807, 2.05) is 0 Å². The monoisotopic (exact) mass is 376 g/mol. The standard InChI is InChI=1S/C17H13ClN2O6/c1-10(21)9-26-17(23)13-4-2-3-5-15(13)19-16(22)12-7-6-11(20(24)25)8-14(12)18/h2-8H,9H2,1H3,(H,19,22). The fourth-order valence-electron chi connectivity index (χ4n) is 2.01. The predicted octanol–water partition coefficient (Wildman–Crippen LogP) is 3.25. The zero-order chi connectivity index (χ0) is 19.3. The van der Waals surface area contributed by atoms with Gasteiger partial charge in [-0.15, -0.1) is 0 Å². The van der Waals surface area contributed by atoms with Gasteiger partial charge in [0.15, 0.2) is 5.78 Å². The lowest BCUT2D eigenvalue weighted by molar-refractivity contribution is -0.384. The normalized spacial score (nSPS) is 10.1. The van der Waals surface area contributed by atoms with Crippen molar-refractivity contribution in [1.29, 1.82) is 0 Å². The minimum atomic E-state index is -0.772. The van der Waals surface area contributed by atoms with Crippen LogP contribution in [0.1, 0.15) is 27.6 Å². The van der Waals surface area contributed by atoms with Crippen LogP contribution in [0.4, 0.5) is 11.4 Å². The summed E-state index contributed by atoms with van der Waals surface area (Å²) < 4.78 is 4.84. The Kier molecular flexibility index (Phi) is 6.03. The van der Waals surface area contributed by atoms with E-state index in [1.54, 1.807) is 12.1 Å². The average Bonchev–Trinajstić information content (AvgIpc) is 2.59. The fourth-order valence-corrected chi connectivity index (χ4v) is 2.27. The van der Waals surface area contributed by atoms with Crippen molar-refractivity contribution in [2.45, 2.75) is 6.92 Å². The number of non-ortho nitro benzene ring substituents is 1. The number of carbonyl (C=O) groups is 3. The van der Waals surface area contributed by atoms with Crippen molar-refractivity contribution in [3.63, 3.8) is 0 Å². The third kappa shape index (κ3) is 4.64. The van der Waals surface area contributed by atoms with Gasteiger partial charge >= 0.3 is 5.97 Å². The van der Waals surface area contributed by atoms with Gasteiger partial charge in [-0.05, 0) is 25.1 Å². The molecule has 2 aromatic rings. The average molecular weight is 377 g/mol. The number of para-hydroxylation sites is 1. The number of anilines is 1. The molecule has 2 rings (SSSR count). The lowest BCUT2D eigenvalue weighted by Gasteiger charge is -2.11. The summed E-state index contributed by atoms with van der Waals surface area (Å²) in [5, 5.41) is 13.1. The second-order valence-electron chi connectivity index (χ2n) is 5.20. The largest absolute Gasteiger partial charge is 0.454 e. The van der Waals surface area contributed by atoms with E-state index >= 15 is 0 Å². The quantitative estimate of drug-likeness (QED) is 0.470. The number of esters is 1. The number of ether oxygens (including phenoxy) is 1. The summed E-state index contributed by atoms with van der Waals surface area (Å²) in [5.41, 5.74) is -0.0375. The Labute approximate surface area is 152 Å². The Morgan fingerprint density at radius 2 is 1.85 bits per heavy atom. The minimum absolute atomic E-state index is 0.00386. The molecule has 0 aliphatic rings. The highest BCUT2D eigenvalue weighted by molar-refractivity contribution is 6.34. The molecule has 0 aliphatic carbocycles. The van der Waals surface area contributed by atoms with Gasteiger partial charge in [0.25, 0.3) is 11.6 Å². The molecule has 2 aromatic carbocycles. The molecule has 0 saturated carbocycles. The van der Waals surface area contributed by atoms with Crippen molar-refractivity contribution in [1.82, 2.24) is 0 Å². The van der Waals surface area contributed by atoms with Crippen LogP contribution in [0.3, 0.4) is 0 Å². The van der Waals surface area contributed by atoms with E-state index in [2.05, 4.69) is 5.32 Å². The number of carbonyl (C=O) groups excluding carboxylic acids is 3. The Balaban J connectivity index is 2.23. The zero-order valence-corrected chi connectivity index (χ0v) is 14.3. The van der Waals surface area contributed by atoms with Gasteiger partial charge in [-0.1, -0.05) is 23.7 Å². The van der Waals surface area contributed by atoms with Crippen molar-refractivity contribution in [2.24, 2.45) is 0 Å². The van der Waals surface area contributed by atoms with Crippen LogP contribution in [-0.2, 0) is 9.53 Å². The predicted molar refractivity (Wildman–Crippen MR) is 93.5 cm³/mol. The summed E-state index contributed by atoms with van der Waals surface area (Å²) in [6.45, 7) is 0.896. The van der Waals surface area contributed by atoms with Gasteiger partial charge in [-0.2, -0.15) is 0 Å². The molecule has 9 heteroatoms. The van der Waals surface area contributed by atoms with Crippen LogP contribution < -0.4 is 5.32 Å². The number of nitro benzene ring substituents is 1. The van der Waals surface area contributed by atoms with Crippen LogP contribution in [0, 0.1) is 10.1 Å². The molecule has 0 heterocycles. The molecule has 0 atom stereocenters. The van der Waals surface area contributed by atoms with Gasteiger partial charge in [-0.25, -0.2) is 4.79 Å². The number of hydrogen-bond donors (Lipinski definition) is 1. The molecule has 1 amide bonds. The molecule has 0 fully saturated rings. The molecule has 8 nitrogen and oxygen atoms in total. The topological polar surface area (TPSA) is 116 Å². The molecular weight excluding hydrogens is 364 g/mol. The van der Waals surface area contributed by atoms with Crippen LogP contribution in [0.5, 0.6) is 0 Å². The fraction of sp³-hybridized carbons (Fsp3) is 0.118. The van der Waals surface area contributed by atoms with E-state index in [1.165, 1.54) is 25.1 Å². The second kappa shape index (κ2) is 8.21. The number of ketones is 1. The molecule has 0 spiro atoms. The number of nitrogens with zero attached hydrogens (tertiary/aromatic N) is 1. The molecule has 1 N–H and O–H groups in total. The van der Waals surface area contributed by atoms with Crippen LogP contribution in [0.2, 0.25) is 5.02 Å². The maximum Gasteiger partial charge on any atom is 0.340 e. The second-order valence-corrected chi connectivity index (χ2v) is 5.61. The summed E-state index contributed by atoms with van der Waals surface area (Å²) >= 11 is 5.93. The van der Waals surface area contributed by atoms with Gasteiger partial charge < -0.3 is 10.1 Å². The van der Waals surface area contributed by atoms with Gasteiger partial charge in [0, 0.05) is 12.1 Å². The minimum Gasteiger partial charge on any atom is -0.454 e. The zero-order valence-electron chi connectivity index (χ0n) is 13.5. The molecule has 0 aliphatic heterocycles. The number of Topliss-reactive ketones (excluding diaryl/α,β-unsaturated/α-hetero) is 1.